The van der Waals surface area contributed by atoms with E-state index in [1.165, 1.54) is 5.56 Å². The van der Waals surface area contributed by atoms with Crippen LogP contribution in [0, 0.1) is 0 Å². The average molecular weight is 295 g/mol. The number of halogens is 3. The summed E-state index contributed by atoms with van der Waals surface area (Å²) in [6.45, 7) is 0.946. The van der Waals surface area contributed by atoms with Crippen molar-refractivity contribution in [1.82, 2.24) is 9.97 Å². The molecule has 7 heteroatoms. The predicted octanol–water partition coefficient (Wildman–Crippen LogP) is 2.35. The second kappa shape index (κ2) is 4.91. The number of aromatic nitrogens is 2. The summed E-state index contributed by atoms with van der Waals surface area (Å²) in [5.74, 6) is -0.0377. The Labute approximate surface area is 118 Å². The summed E-state index contributed by atoms with van der Waals surface area (Å²) < 4.78 is 38.2. The van der Waals surface area contributed by atoms with E-state index in [-0.39, 0.29) is 5.95 Å². The first-order valence-corrected chi connectivity index (χ1v) is 6.44. The number of H-pyrrole nitrogens is 1. The van der Waals surface area contributed by atoms with Crippen LogP contribution in [-0.4, -0.2) is 16.5 Å². The lowest BCUT2D eigenvalue weighted by atomic mass is 10.0. The van der Waals surface area contributed by atoms with Crippen molar-refractivity contribution < 1.29 is 13.2 Å². The van der Waals surface area contributed by atoms with E-state index < -0.39 is 17.4 Å². The molecule has 0 bridgehead atoms. The molecule has 1 aromatic carbocycles. The lowest BCUT2D eigenvalue weighted by Gasteiger charge is -2.29. The number of nitrogens with one attached hydrogen (secondary N) is 1. The highest BCUT2D eigenvalue weighted by atomic mass is 19.4. The lowest BCUT2D eigenvalue weighted by molar-refractivity contribution is -0.141. The van der Waals surface area contributed by atoms with Gasteiger partial charge in [0.25, 0.3) is 5.56 Å². The molecule has 1 aliphatic rings. The van der Waals surface area contributed by atoms with Crippen molar-refractivity contribution in [3.8, 4) is 0 Å². The normalized spacial score (nSPS) is 14.9. The van der Waals surface area contributed by atoms with Crippen LogP contribution in [0.15, 0.2) is 35.1 Å². The molecule has 4 nitrogen and oxygen atoms in total. The Bertz CT molecular complexity index is 724. The maximum atomic E-state index is 12.7. The average Bonchev–Trinajstić information content (AvgIpc) is 2.45. The van der Waals surface area contributed by atoms with E-state index in [9.17, 15) is 18.0 Å². The zero-order chi connectivity index (χ0) is 15.0. The van der Waals surface area contributed by atoms with Gasteiger partial charge in [0, 0.05) is 19.2 Å². The highest BCUT2D eigenvalue weighted by Gasteiger charge is 2.34. The number of hydrogen-bond donors (Lipinski definition) is 1. The molecule has 21 heavy (non-hydrogen) atoms. The fourth-order valence-corrected chi connectivity index (χ4v) is 2.42. The van der Waals surface area contributed by atoms with Gasteiger partial charge in [-0.1, -0.05) is 24.3 Å². The molecule has 0 aliphatic carbocycles. The molecule has 110 valence electrons. The Hall–Kier alpha value is -2.31. The molecule has 2 heterocycles. The van der Waals surface area contributed by atoms with Crippen LogP contribution >= 0.6 is 0 Å². The van der Waals surface area contributed by atoms with Crippen LogP contribution in [0.2, 0.25) is 0 Å². The van der Waals surface area contributed by atoms with Gasteiger partial charge in [-0.25, -0.2) is 4.98 Å². The number of hydrogen-bond acceptors (Lipinski definition) is 3. The number of rotatable bonds is 1. The van der Waals surface area contributed by atoms with E-state index >= 15 is 0 Å². The van der Waals surface area contributed by atoms with Crippen LogP contribution in [0.3, 0.4) is 0 Å². The summed E-state index contributed by atoms with van der Waals surface area (Å²) in [6, 6.07) is 8.20. The van der Waals surface area contributed by atoms with E-state index in [0.717, 1.165) is 5.56 Å². The molecule has 3 rings (SSSR count). The van der Waals surface area contributed by atoms with Crippen LogP contribution in [-0.2, 0) is 19.1 Å². The quantitative estimate of drug-likeness (QED) is 0.878. The molecule has 1 aliphatic heterocycles. The smallest absolute Gasteiger partial charge is 0.338 e. The highest BCUT2D eigenvalue weighted by molar-refractivity contribution is 5.40. The first-order chi connectivity index (χ1) is 9.93. The first kappa shape index (κ1) is 13.7. The van der Waals surface area contributed by atoms with Crippen molar-refractivity contribution in [2.24, 2.45) is 0 Å². The van der Waals surface area contributed by atoms with Crippen molar-refractivity contribution in [2.75, 3.05) is 11.4 Å². The number of aromatic amines is 1. The maximum absolute atomic E-state index is 12.7. The summed E-state index contributed by atoms with van der Waals surface area (Å²) in [5.41, 5.74) is 0.234. The van der Waals surface area contributed by atoms with Gasteiger partial charge in [0.2, 0.25) is 5.95 Å². The van der Waals surface area contributed by atoms with Gasteiger partial charge in [0.1, 0.15) is 0 Å². The summed E-state index contributed by atoms with van der Waals surface area (Å²) in [4.78, 5) is 19.0. The minimum Gasteiger partial charge on any atom is -0.338 e. The minimum absolute atomic E-state index is 0.0377. The topological polar surface area (TPSA) is 49.0 Å². The minimum atomic E-state index is -4.63. The van der Waals surface area contributed by atoms with Crippen molar-refractivity contribution in [3.63, 3.8) is 0 Å². The van der Waals surface area contributed by atoms with E-state index in [1.807, 2.05) is 24.3 Å². The highest BCUT2D eigenvalue weighted by Crippen LogP contribution is 2.28. The SMILES string of the molecule is O=c1cc(C(F)(F)F)nc(N2CCc3ccccc3C2)[nH]1. The van der Waals surface area contributed by atoms with Gasteiger partial charge in [-0.2, -0.15) is 13.2 Å². The van der Waals surface area contributed by atoms with E-state index in [4.69, 9.17) is 0 Å². The van der Waals surface area contributed by atoms with Crippen molar-refractivity contribution in [2.45, 2.75) is 19.1 Å². The molecule has 0 radical (unpaired) electrons. The van der Waals surface area contributed by atoms with Gasteiger partial charge in [-0.15, -0.1) is 0 Å². The molecule has 0 amide bonds. The standard InChI is InChI=1S/C14H12F3N3O/c15-14(16,17)11-7-12(21)19-13(18-11)20-6-5-9-3-1-2-4-10(9)8-20/h1-4,7H,5-6,8H2,(H,18,19,21). The second-order valence-corrected chi connectivity index (χ2v) is 4.89. The molecule has 0 saturated carbocycles. The zero-order valence-corrected chi connectivity index (χ0v) is 10.9. The summed E-state index contributed by atoms with van der Waals surface area (Å²) in [6.07, 6.45) is -3.92. The number of fused-ring (bicyclic) bond motifs is 1. The number of benzene rings is 1. The van der Waals surface area contributed by atoms with E-state index in [2.05, 4.69) is 9.97 Å². The summed E-state index contributed by atoms with van der Waals surface area (Å²) in [5, 5.41) is 0. The largest absolute Gasteiger partial charge is 0.433 e. The third-order valence-corrected chi connectivity index (χ3v) is 3.45. The molecular weight excluding hydrogens is 283 g/mol. The monoisotopic (exact) mass is 295 g/mol. The van der Waals surface area contributed by atoms with Crippen molar-refractivity contribution in [3.05, 3.63) is 57.5 Å². The van der Waals surface area contributed by atoms with Gasteiger partial charge in [-0.3, -0.25) is 9.78 Å². The fourth-order valence-electron chi connectivity index (χ4n) is 2.42. The Morgan fingerprint density at radius 2 is 1.90 bits per heavy atom. The Morgan fingerprint density at radius 3 is 2.62 bits per heavy atom. The Morgan fingerprint density at radius 1 is 1.19 bits per heavy atom. The Balaban J connectivity index is 1.95. The van der Waals surface area contributed by atoms with Gasteiger partial charge >= 0.3 is 6.18 Å². The molecule has 2 aromatic rings. The second-order valence-electron chi connectivity index (χ2n) is 4.89. The molecule has 0 spiro atoms. The lowest BCUT2D eigenvalue weighted by Crippen LogP contribution is -2.33. The van der Waals surface area contributed by atoms with Gasteiger partial charge in [0.15, 0.2) is 5.69 Å². The van der Waals surface area contributed by atoms with E-state index in [0.29, 0.717) is 25.6 Å². The number of alkyl halides is 3. The third kappa shape index (κ3) is 2.76. The maximum Gasteiger partial charge on any atom is 0.433 e. The molecule has 0 fully saturated rings. The molecular formula is C14H12F3N3O. The summed E-state index contributed by atoms with van der Waals surface area (Å²) in [7, 11) is 0. The van der Waals surface area contributed by atoms with Crippen LogP contribution < -0.4 is 10.5 Å². The van der Waals surface area contributed by atoms with Crippen LogP contribution in [0.4, 0.5) is 19.1 Å². The number of anilines is 1. The molecule has 0 atom stereocenters. The van der Waals surface area contributed by atoms with E-state index in [1.54, 1.807) is 4.90 Å². The zero-order valence-electron chi connectivity index (χ0n) is 10.9. The third-order valence-electron chi connectivity index (χ3n) is 3.45. The van der Waals surface area contributed by atoms with Crippen LogP contribution in [0.1, 0.15) is 16.8 Å². The van der Waals surface area contributed by atoms with Gasteiger partial charge in [-0.05, 0) is 17.5 Å². The molecule has 1 N–H and O–H groups in total. The number of nitrogens with zero attached hydrogens (tertiary/aromatic N) is 2. The van der Waals surface area contributed by atoms with Crippen LogP contribution in [0.25, 0.3) is 0 Å². The Kier molecular flexibility index (Phi) is 3.19. The van der Waals surface area contributed by atoms with Gasteiger partial charge < -0.3 is 4.90 Å². The molecule has 1 aromatic heterocycles. The molecule has 0 saturated heterocycles. The molecule has 0 unspecified atom stereocenters. The van der Waals surface area contributed by atoms with Crippen LogP contribution in [0.5, 0.6) is 0 Å². The van der Waals surface area contributed by atoms with Gasteiger partial charge in [0.05, 0.1) is 0 Å². The van der Waals surface area contributed by atoms with Crippen molar-refractivity contribution in [1.29, 1.82) is 0 Å². The fraction of sp³-hybridized carbons (Fsp3) is 0.286. The first-order valence-electron chi connectivity index (χ1n) is 6.44. The van der Waals surface area contributed by atoms with Crippen molar-refractivity contribution >= 4 is 5.95 Å². The predicted molar refractivity (Wildman–Crippen MR) is 71.1 cm³/mol. The summed E-state index contributed by atoms with van der Waals surface area (Å²) >= 11 is 0.